The van der Waals surface area contributed by atoms with E-state index in [0.717, 1.165) is 11.1 Å². The molecule has 0 aromatic carbocycles. The second-order valence-corrected chi connectivity index (χ2v) is 2.82. The van der Waals surface area contributed by atoms with Gasteiger partial charge < -0.3 is 4.74 Å². The van der Waals surface area contributed by atoms with Gasteiger partial charge >= 0.3 is 5.97 Å². The second-order valence-electron chi connectivity index (χ2n) is 2.82. The number of carbonyl (C=O) groups is 1. The first-order valence-electron chi connectivity index (χ1n) is 4.18. The number of hydrogen-bond donors (Lipinski definition) is 0. The number of rotatable bonds is 4. The van der Waals surface area contributed by atoms with E-state index in [2.05, 4.69) is 6.58 Å². The van der Waals surface area contributed by atoms with E-state index >= 15 is 0 Å². The van der Waals surface area contributed by atoms with Gasteiger partial charge in [-0.05, 0) is 19.4 Å². The average molecular weight is 180 g/mol. The second kappa shape index (κ2) is 6.23. The molecular weight excluding hydrogens is 164 g/mol. The minimum atomic E-state index is -0.261. The highest BCUT2D eigenvalue weighted by molar-refractivity contribution is 5.66. The molecule has 0 rings (SSSR count). The summed E-state index contributed by atoms with van der Waals surface area (Å²) in [7, 11) is 0. The Morgan fingerprint density at radius 1 is 1.38 bits per heavy atom. The van der Waals surface area contributed by atoms with Crippen LogP contribution in [-0.4, -0.2) is 12.6 Å². The highest BCUT2D eigenvalue weighted by Gasteiger charge is 1.94. The molecule has 0 heterocycles. The molecule has 0 atom stereocenters. The molecular formula is C11H16O2. The van der Waals surface area contributed by atoms with Crippen molar-refractivity contribution >= 4 is 5.97 Å². The van der Waals surface area contributed by atoms with Gasteiger partial charge in [0.2, 0.25) is 0 Å². The predicted molar refractivity (Wildman–Crippen MR) is 54.3 cm³/mol. The summed E-state index contributed by atoms with van der Waals surface area (Å²) in [5.41, 5.74) is 1.94. The van der Waals surface area contributed by atoms with E-state index in [9.17, 15) is 4.79 Å². The molecule has 0 radical (unpaired) electrons. The van der Waals surface area contributed by atoms with E-state index in [1.807, 2.05) is 32.1 Å². The van der Waals surface area contributed by atoms with Crippen molar-refractivity contribution in [2.24, 2.45) is 0 Å². The van der Waals surface area contributed by atoms with Crippen LogP contribution in [0.15, 0.2) is 36.0 Å². The van der Waals surface area contributed by atoms with Crippen molar-refractivity contribution in [3.8, 4) is 0 Å². The van der Waals surface area contributed by atoms with Gasteiger partial charge in [0, 0.05) is 6.92 Å². The van der Waals surface area contributed by atoms with Gasteiger partial charge in [-0.3, -0.25) is 4.79 Å². The Morgan fingerprint density at radius 2 is 2.00 bits per heavy atom. The molecule has 72 valence electrons. The number of hydrogen-bond acceptors (Lipinski definition) is 2. The van der Waals surface area contributed by atoms with Crippen LogP contribution in [0.5, 0.6) is 0 Å². The minimum Gasteiger partial charge on any atom is -0.461 e. The van der Waals surface area contributed by atoms with Crippen molar-refractivity contribution in [3.05, 3.63) is 36.0 Å². The SMILES string of the molecule is C=C(C)/C=C\C(=C/C)COC(C)=O. The summed E-state index contributed by atoms with van der Waals surface area (Å²) >= 11 is 0. The molecule has 0 amide bonds. The molecule has 0 unspecified atom stereocenters. The standard InChI is InChI=1S/C11H16O2/c1-5-11(7-6-9(2)3)8-13-10(4)12/h5-7H,2,8H2,1,3-4H3/b7-6-,11-5+. The lowest BCUT2D eigenvalue weighted by Gasteiger charge is -2.01. The van der Waals surface area contributed by atoms with Gasteiger partial charge in [0.1, 0.15) is 6.61 Å². The Hall–Kier alpha value is -1.31. The van der Waals surface area contributed by atoms with E-state index in [-0.39, 0.29) is 5.97 Å². The first-order valence-corrected chi connectivity index (χ1v) is 4.18. The van der Waals surface area contributed by atoms with Crippen LogP contribution in [0.1, 0.15) is 20.8 Å². The molecule has 13 heavy (non-hydrogen) atoms. The molecule has 0 saturated carbocycles. The maximum absolute atomic E-state index is 10.5. The lowest BCUT2D eigenvalue weighted by Crippen LogP contribution is -2.01. The van der Waals surface area contributed by atoms with E-state index in [1.54, 1.807) is 0 Å². The summed E-state index contributed by atoms with van der Waals surface area (Å²) < 4.78 is 4.84. The van der Waals surface area contributed by atoms with Crippen LogP contribution < -0.4 is 0 Å². The summed E-state index contributed by atoms with van der Waals surface area (Å²) in [6, 6.07) is 0. The zero-order valence-corrected chi connectivity index (χ0v) is 8.46. The molecule has 0 saturated heterocycles. The van der Waals surface area contributed by atoms with Gasteiger partial charge in [0.05, 0.1) is 0 Å². The highest BCUT2D eigenvalue weighted by Crippen LogP contribution is 2.00. The molecule has 0 aliphatic carbocycles. The van der Waals surface area contributed by atoms with Crippen LogP contribution in [0.4, 0.5) is 0 Å². The fourth-order valence-electron chi connectivity index (χ4n) is 0.662. The Kier molecular flexibility index (Phi) is 5.60. The van der Waals surface area contributed by atoms with Gasteiger partial charge in [0.25, 0.3) is 0 Å². The summed E-state index contributed by atoms with van der Waals surface area (Å²) in [6.07, 6.45) is 5.69. The molecule has 0 fully saturated rings. The first kappa shape index (κ1) is 11.7. The summed E-state index contributed by atoms with van der Waals surface area (Å²) in [5, 5.41) is 0. The maximum atomic E-state index is 10.5. The molecule has 0 bridgehead atoms. The van der Waals surface area contributed by atoms with E-state index in [0.29, 0.717) is 6.61 Å². The third-order valence-corrected chi connectivity index (χ3v) is 1.39. The molecule has 0 aromatic heterocycles. The van der Waals surface area contributed by atoms with Crippen LogP contribution in [-0.2, 0) is 9.53 Å². The van der Waals surface area contributed by atoms with Crippen molar-refractivity contribution in [2.75, 3.05) is 6.61 Å². The predicted octanol–water partition coefficient (Wildman–Crippen LogP) is 2.63. The fraction of sp³-hybridized carbons (Fsp3) is 0.364. The fourth-order valence-corrected chi connectivity index (χ4v) is 0.662. The largest absolute Gasteiger partial charge is 0.461 e. The lowest BCUT2D eigenvalue weighted by molar-refractivity contribution is -0.139. The van der Waals surface area contributed by atoms with Crippen molar-refractivity contribution in [1.82, 2.24) is 0 Å². The van der Waals surface area contributed by atoms with Gasteiger partial charge in [-0.25, -0.2) is 0 Å². The molecule has 2 nitrogen and oxygen atoms in total. The molecule has 2 heteroatoms. The van der Waals surface area contributed by atoms with Crippen molar-refractivity contribution in [2.45, 2.75) is 20.8 Å². The lowest BCUT2D eigenvalue weighted by atomic mass is 10.2. The zero-order valence-electron chi connectivity index (χ0n) is 8.46. The Morgan fingerprint density at radius 3 is 2.38 bits per heavy atom. The molecule has 0 N–H and O–H groups in total. The highest BCUT2D eigenvalue weighted by atomic mass is 16.5. The van der Waals surface area contributed by atoms with Crippen molar-refractivity contribution in [1.29, 1.82) is 0 Å². The number of allylic oxidation sites excluding steroid dienone is 3. The van der Waals surface area contributed by atoms with E-state index < -0.39 is 0 Å². The third kappa shape index (κ3) is 7.06. The number of ether oxygens (including phenoxy) is 1. The quantitative estimate of drug-likeness (QED) is 0.491. The molecule has 0 spiro atoms. The summed E-state index contributed by atoms with van der Waals surface area (Å²) in [5.74, 6) is -0.261. The molecule has 0 aliphatic heterocycles. The normalized spacial score (nSPS) is 11.8. The molecule has 0 aromatic rings. The van der Waals surface area contributed by atoms with Gasteiger partial charge in [-0.1, -0.05) is 30.4 Å². The zero-order chi connectivity index (χ0) is 10.3. The monoisotopic (exact) mass is 180 g/mol. The van der Waals surface area contributed by atoms with Crippen molar-refractivity contribution < 1.29 is 9.53 Å². The van der Waals surface area contributed by atoms with E-state index in [4.69, 9.17) is 4.74 Å². The summed E-state index contributed by atoms with van der Waals surface area (Å²) in [6.45, 7) is 9.28. The Balaban J connectivity index is 4.06. The maximum Gasteiger partial charge on any atom is 0.302 e. The number of carbonyl (C=O) groups excluding carboxylic acids is 1. The molecule has 0 aliphatic rings. The average Bonchev–Trinajstić information content (AvgIpc) is 2.04. The van der Waals surface area contributed by atoms with E-state index in [1.165, 1.54) is 6.92 Å². The topological polar surface area (TPSA) is 26.3 Å². The Labute approximate surface area is 79.6 Å². The van der Waals surface area contributed by atoms with Crippen LogP contribution in [0.2, 0.25) is 0 Å². The smallest absolute Gasteiger partial charge is 0.302 e. The van der Waals surface area contributed by atoms with Gasteiger partial charge in [-0.15, -0.1) is 0 Å². The van der Waals surface area contributed by atoms with Crippen LogP contribution in [0.3, 0.4) is 0 Å². The third-order valence-electron chi connectivity index (χ3n) is 1.39. The first-order chi connectivity index (χ1) is 6.06. The van der Waals surface area contributed by atoms with Crippen LogP contribution >= 0.6 is 0 Å². The van der Waals surface area contributed by atoms with Gasteiger partial charge in [-0.2, -0.15) is 0 Å². The Bertz CT molecular complexity index is 247. The van der Waals surface area contributed by atoms with Crippen LogP contribution in [0.25, 0.3) is 0 Å². The van der Waals surface area contributed by atoms with Crippen molar-refractivity contribution in [3.63, 3.8) is 0 Å². The van der Waals surface area contributed by atoms with Crippen LogP contribution in [0, 0.1) is 0 Å². The summed E-state index contributed by atoms with van der Waals surface area (Å²) in [4.78, 5) is 10.5. The van der Waals surface area contributed by atoms with Gasteiger partial charge in [0.15, 0.2) is 0 Å². The minimum absolute atomic E-state index is 0.261. The number of esters is 1.